The van der Waals surface area contributed by atoms with Crippen LogP contribution in [0.3, 0.4) is 0 Å². The Bertz CT molecular complexity index is 123. The second kappa shape index (κ2) is 6.95. The van der Waals surface area contributed by atoms with E-state index in [2.05, 4.69) is 4.74 Å². The average Bonchev–Trinajstić information content (AvgIpc) is 2.05. The van der Waals surface area contributed by atoms with E-state index < -0.39 is 6.16 Å². The van der Waals surface area contributed by atoms with Gasteiger partial charge in [0.25, 0.3) is 0 Å². The van der Waals surface area contributed by atoms with Gasteiger partial charge in [0.15, 0.2) is 0 Å². The van der Waals surface area contributed by atoms with E-state index in [1.165, 1.54) is 6.61 Å². The van der Waals surface area contributed by atoms with Gasteiger partial charge in [0.1, 0.15) is 12.7 Å². The van der Waals surface area contributed by atoms with Crippen molar-refractivity contribution in [3.8, 4) is 0 Å². The Kier molecular flexibility index (Phi) is 6.53. The van der Waals surface area contributed by atoms with Crippen LogP contribution in [0.2, 0.25) is 0 Å². The van der Waals surface area contributed by atoms with E-state index in [0.717, 1.165) is 19.3 Å². The van der Waals surface area contributed by atoms with Gasteiger partial charge in [0, 0.05) is 0 Å². The van der Waals surface area contributed by atoms with Gasteiger partial charge in [-0.1, -0.05) is 20.3 Å². The monoisotopic (exact) mass is 173 g/mol. The minimum atomic E-state index is -0.599. The van der Waals surface area contributed by atoms with E-state index in [1.807, 2.05) is 20.8 Å². The lowest BCUT2D eigenvalue weighted by atomic mass is 10.3. The van der Waals surface area contributed by atoms with Crippen LogP contribution in [0.4, 0.5) is 4.79 Å². The zero-order chi connectivity index (χ0) is 9.40. The molecule has 0 aromatic carbocycles. The van der Waals surface area contributed by atoms with Gasteiger partial charge in [-0.3, -0.25) is 0 Å². The normalized spacial score (nSPS) is 12.2. The first-order valence-corrected chi connectivity index (χ1v) is 4.39. The molecule has 3 heteroatoms. The summed E-state index contributed by atoms with van der Waals surface area (Å²) in [5, 5.41) is 0. The molecule has 0 aromatic rings. The summed E-state index contributed by atoms with van der Waals surface area (Å²) in [6.45, 7) is 7.28. The van der Waals surface area contributed by atoms with Gasteiger partial charge in [-0.15, -0.1) is 0 Å². The molecule has 1 radical (unpaired) electrons. The predicted octanol–water partition coefficient (Wildman–Crippen LogP) is 2.90. The van der Waals surface area contributed by atoms with E-state index >= 15 is 0 Å². The van der Waals surface area contributed by atoms with Gasteiger partial charge in [-0.25, -0.2) is 4.79 Å². The molecule has 0 N–H and O–H groups in total. The van der Waals surface area contributed by atoms with Crippen LogP contribution in [-0.4, -0.2) is 12.3 Å². The van der Waals surface area contributed by atoms with E-state index in [-0.39, 0.29) is 6.10 Å². The highest BCUT2D eigenvalue weighted by atomic mass is 16.7. The van der Waals surface area contributed by atoms with Crippen molar-refractivity contribution in [3.05, 3.63) is 6.61 Å². The van der Waals surface area contributed by atoms with Crippen molar-refractivity contribution in [1.29, 1.82) is 0 Å². The molecule has 0 aromatic heterocycles. The quantitative estimate of drug-likeness (QED) is 0.473. The van der Waals surface area contributed by atoms with Crippen LogP contribution >= 0.6 is 0 Å². The molecule has 0 heterocycles. The number of ether oxygens (including phenoxy) is 2. The van der Waals surface area contributed by atoms with Crippen LogP contribution in [0.1, 0.15) is 40.0 Å². The lowest BCUT2D eigenvalue weighted by Crippen LogP contribution is -2.14. The number of hydrogen-bond donors (Lipinski definition) is 0. The van der Waals surface area contributed by atoms with Crippen molar-refractivity contribution in [2.45, 2.75) is 46.1 Å². The Hall–Kier alpha value is -0.730. The smallest absolute Gasteiger partial charge is 0.431 e. The van der Waals surface area contributed by atoms with E-state index in [0.29, 0.717) is 0 Å². The molecule has 0 aliphatic heterocycles. The molecule has 0 saturated carbocycles. The minimum Gasteiger partial charge on any atom is -0.431 e. The third-order valence-corrected chi connectivity index (χ3v) is 1.46. The third-order valence-electron chi connectivity index (χ3n) is 1.46. The molecule has 3 nitrogen and oxygen atoms in total. The summed E-state index contributed by atoms with van der Waals surface area (Å²) >= 11 is 0. The third kappa shape index (κ3) is 6.01. The highest BCUT2D eigenvalue weighted by molar-refractivity contribution is 5.60. The standard InChI is InChI=1S/C9H17O3/c1-4-6-7-11-9(10)12-8(3)5-2/h7-8H,4-6H2,1-3H3. The Labute approximate surface area is 74.0 Å². The van der Waals surface area contributed by atoms with Crippen LogP contribution in [0.25, 0.3) is 0 Å². The average molecular weight is 173 g/mol. The van der Waals surface area contributed by atoms with Crippen molar-refractivity contribution >= 4 is 6.16 Å². The predicted molar refractivity (Wildman–Crippen MR) is 46.5 cm³/mol. The Morgan fingerprint density at radius 1 is 1.50 bits per heavy atom. The first kappa shape index (κ1) is 11.3. The largest absolute Gasteiger partial charge is 0.508 e. The summed E-state index contributed by atoms with van der Waals surface area (Å²) in [7, 11) is 0. The van der Waals surface area contributed by atoms with Gasteiger partial charge >= 0.3 is 6.16 Å². The maximum absolute atomic E-state index is 10.8. The van der Waals surface area contributed by atoms with Crippen LogP contribution in [0, 0.1) is 6.61 Å². The summed E-state index contributed by atoms with van der Waals surface area (Å²) in [6.07, 6.45) is 1.89. The van der Waals surface area contributed by atoms with Gasteiger partial charge in [-0.05, 0) is 19.8 Å². The Morgan fingerprint density at radius 2 is 2.17 bits per heavy atom. The summed E-state index contributed by atoms with van der Waals surface area (Å²) in [5.74, 6) is 0. The topological polar surface area (TPSA) is 35.5 Å². The molecule has 0 fully saturated rings. The SMILES string of the molecule is CCC[CH]OC(=O)OC(C)CC. The van der Waals surface area contributed by atoms with Gasteiger partial charge in [0.05, 0.1) is 0 Å². The number of carbonyl (C=O) groups excluding carboxylic acids is 1. The highest BCUT2D eigenvalue weighted by Crippen LogP contribution is 2.01. The molecule has 1 unspecified atom stereocenters. The molecule has 71 valence electrons. The summed E-state index contributed by atoms with van der Waals surface area (Å²) in [6, 6.07) is 0. The summed E-state index contributed by atoms with van der Waals surface area (Å²) in [4.78, 5) is 10.8. The Balaban J connectivity index is 3.33. The van der Waals surface area contributed by atoms with E-state index in [4.69, 9.17) is 4.74 Å². The number of unbranched alkanes of at least 4 members (excludes halogenated alkanes) is 1. The van der Waals surface area contributed by atoms with E-state index in [1.54, 1.807) is 0 Å². The van der Waals surface area contributed by atoms with Crippen molar-refractivity contribution in [2.75, 3.05) is 0 Å². The first-order valence-electron chi connectivity index (χ1n) is 4.39. The van der Waals surface area contributed by atoms with Crippen LogP contribution < -0.4 is 0 Å². The van der Waals surface area contributed by atoms with Crippen LogP contribution in [0.15, 0.2) is 0 Å². The molecular weight excluding hydrogens is 156 g/mol. The molecule has 1 atom stereocenters. The van der Waals surface area contributed by atoms with Crippen molar-refractivity contribution in [1.82, 2.24) is 0 Å². The lowest BCUT2D eigenvalue weighted by molar-refractivity contribution is 0.0420. The zero-order valence-electron chi connectivity index (χ0n) is 8.00. The van der Waals surface area contributed by atoms with Gasteiger partial charge in [0.2, 0.25) is 0 Å². The molecular formula is C9H17O3. The van der Waals surface area contributed by atoms with Crippen LogP contribution in [0.5, 0.6) is 0 Å². The maximum Gasteiger partial charge on any atom is 0.508 e. The zero-order valence-corrected chi connectivity index (χ0v) is 8.00. The van der Waals surface area contributed by atoms with Gasteiger partial charge < -0.3 is 9.47 Å². The number of carbonyl (C=O) groups is 1. The summed E-state index contributed by atoms with van der Waals surface area (Å²) in [5.41, 5.74) is 0. The molecule has 0 aliphatic rings. The number of hydrogen-bond acceptors (Lipinski definition) is 3. The molecule has 0 rings (SSSR count). The summed E-state index contributed by atoms with van der Waals surface area (Å²) < 4.78 is 9.52. The minimum absolute atomic E-state index is 0.0625. The molecule has 0 spiro atoms. The first-order chi connectivity index (χ1) is 5.70. The molecule has 0 saturated heterocycles. The second-order valence-electron chi connectivity index (χ2n) is 2.66. The van der Waals surface area contributed by atoms with Crippen molar-refractivity contribution in [3.63, 3.8) is 0 Å². The van der Waals surface area contributed by atoms with E-state index in [9.17, 15) is 4.79 Å². The lowest BCUT2D eigenvalue weighted by Gasteiger charge is -2.09. The second-order valence-corrected chi connectivity index (χ2v) is 2.66. The fourth-order valence-corrected chi connectivity index (χ4v) is 0.520. The van der Waals surface area contributed by atoms with Gasteiger partial charge in [-0.2, -0.15) is 0 Å². The van der Waals surface area contributed by atoms with Crippen LogP contribution in [-0.2, 0) is 9.47 Å². The molecule has 0 bridgehead atoms. The Morgan fingerprint density at radius 3 is 2.67 bits per heavy atom. The molecule has 12 heavy (non-hydrogen) atoms. The molecule has 0 amide bonds. The number of rotatable bonds is 5. The van der Waals surface area contributed by atoms with Crippen molar-refractivity contribution < 1.29 is 14.3 Å². The highest BCUT2D eigenvalue weighted by Gasteiger charge is 2.07. The molecule has 0 aliphatic carbocycles. The fourth-order valence-electron chi connectivity index (χ4n) is 0.520. The van der Waals surface area contributed by atoms with Crippen molar-refractivity contribution in [2.24, 2.45) is 0 Å². The maximum atomic E-state index is 10.8. The fraction of sp³-hybridized carbons (Fsp3) is 0.778.